The Labute approximate surface area is 73.8 Å². The van der Waals surface area contributed by atoms with Crippen LogP contribution in [-0.2, 0) is 4.74 Å². The van der Waals surface area contributed by atoms with Crippen LogP contribution < -0.4 is 5.73 Å². The molecular weight excluding hydrogens is 185 g/mol. The summed E-state index contributed by atoms with van der Waals surface area (Å²) < 4.78 is 39.0. The van der Waals surface area contributed by atoms with Gasteiger partial charge in [0.1, 0.15) is 19.0 Å². The van der Waals surface area contributed by atoms with E-state index in [2.05, 4.69) is 9.73 Å². The van der Waals surface area contributed by atoms with Gasteiger partial charge in [-0.15, -0.1) is 0 Å². The third-order valence-corrected chi connectivity index (χ3v) is 1.41. The van der Waals surface area contributed by atoms with Crippen LogP contribution in [0.4, 0.5) is 13.2 Å². The van der Waals surface area contributed by atoms with E-state index in [9.17, 15) is 13.2 Å². The van der Waals surface area contributed by atoms with E-state index in [1.807, 2.05) is 0 Å². The molecule has 1 aliphatic carbocycles. The molecule has 2 N–H and O–H groups in total. The summed E-state index contributed by atoms with van der Waals surface area (Å²) in [7, 11) is 0. The Bertz CT molecular complexity index is 198. The molecule has 76 valence electrons. The molecule has 0 amide bonds. The lowest BCUT2D eigenvalue weighted by molar-refractivity contribution is -0.170. The number of ether oxygens (including phenoxy) is 1. The summed E-state index contributed by atoms with van der Waals surface area (Å²) in [6.45, 7) is -1.51. The van der Waals surface area contributed by atoms with Crippen molar-refractivity contribution in [2.45, 2.75) is 25.1 Å². The Hall–Kier alpha value is -0.780. The van der Waals surface area contributed by atoms with E-state index in [1.54, 1.807) is 0 Å². The van der Waals surface area contributed by atoms with E-state index in [1.165, 1.54) is 0 Å². The fourth-order valence-corrected chi connectivity index (χ4v) is 0.747. The lowest BCUT2D eigenvalue weighted by Crippen LogP contribution is -2.24. The zero-order chi connectivity index (χ0) is 9.90. The normalized spacial score (nSPS) is 19.2. The Morgan fingerprint density at radius 1 is 1.46 bits per heavy atom. The lowest BCUT2D eigenvalue weighted by Gasteiger charge is -2.06. The van der Waals surface area contributed by atoms with E-state index < -0.39 is 12.8 Å². The molecule has 0 bridgehead atoms. The van der Waals surface area contributed by atoms with E-state index in [-0.39, 0.29) is 18.5 Å². The molecule has 0 aromatic carbocycles. The van der Waals surface area contributed by atoms with Crippen LogP contribution in [0.15, 0.2) is 4.99 Å². The third-order valence-electron chi connectivity index (χ3n) is 1.41. The molecule has 6 heteroatoms. The van der Waals surface area contributed by atoms with Crippen LogP contribution in [0.2, 0.25) is 0 Å². The first-order chi connectivity index (χ1) is 5.97. The maximum absolute atomic E-state index is 11.6. The fourth-order valence-electron chi connectivity index (χ4n) is 0.747. The van der Waals surface area contributed by atoms with Crippen LogP contribution in [0.3, 0.4) is 0 Å². The Balaban J connectivity index is 2.11. The summed E-state index contributed by atoms with van der Waals surface area (Å²) in [5, 5.41) is 0. The van der Waals surface area contributed by atoms with Gasteiger partial charge in [0, 0.05) is 0 Å². The molecule has 1 rings (SSSR count). The van der Waals surface area contributed by atoms with Gasteiger partial charge in [-0.05, 0) is 12.8 Å². The SMILES string of the molecule is NC(COCC(F)(F)F)=NC1CC1. The number of nitrogens with two attached hydrogens (primary N) is 1. The average Bonchev–Trinajstić information content (AvgIpc) is 2.68. The average molecular weight is 196 g/mol. The van der Waals surface area contributed by atoms with Gasteiger partial charge in [-0.2, -0.15) is 13.2 Å². The van der Waals surface area contributed by atoms with Gasteiger partial charge in [-0.3, -0.25) is 4.99 Å². The number of aliphatic imine (C=N–C) groups is 1. The Morgan fingerprint density at radius 2 is 2.08 bits per heavy atom. The number of rotatable bonds is 4. The summed E-state index contributed by atoms with van der Waals surface area (Å²) in [6.07, 6.45) is -2.35. The number of nitrogens with zero attached hydrogens (tertiary/aromatic N) is 1. The minimum absolute atomic E-state index is 0.145. The highest BCUT2D eigenvalue weighted by atomic mass is 19.4. The van der Waals surface area contributed by atoms with Crippen molar-refractivity contribution in [2.75, 3.05) is 13.2 Å². The first kappa shape index (κ1) is 10.3. The third kappa shape index (κ3) is 5.46. The van der Waals surface area contributed by atoms with Crippen molar-refractivity contribution < 1.29 is 17.9 Å². The maximum Gasteiger partial charge on any atom is 0.411 e. The van der Waals surface area contributed by atoms with Crippen molar-refractivity contribution in [3.05, 3.63) is 0 Å². The molecule has 1 aliphatic rings. The Kier molecular flexibility index (Phi) is 3.13. The first-order valence-corrected chi connectivity index (χ1v) is 3.94. The molecule has 0 aliphatic heterocycles. The second-order valence-corrected chi connectivity index (χ2v) is 2.96. The van der Waals surface area contributed by atoms with Crippen molar-refractivity contribution in [1.82, 2.24) is 0 Å². The lowest BCUT2D eigenvalue weighted by atomic mass is 10.6. The predicted octanol–water partition coefficient (Wildman–Crippen LogP) is 1.08. The molecule has 0 aromatic rings. The van der Waals surface area contributed by atoms with Crippen LogP contribution >= 0.6 is 0 Å². The quantitative estimate of drug-likeness (QED) is 0.540. The molecule has 3 nitrogen and oxygen atoms in total. The van der Waals surface area contributed by atoms with Crippen molar-refractivity contribution >= 4 is 5.84 Å². The van der Waals surface area contributed by atoms with Crippen LogP contribution in [0.1, 0.15) is 12.8 Å². The predicted molar refractivity (Wildman–Crippen MR) is 41.5 cm³/mol. The van der Waals surface area contributed by atoms with Gasteiger partial charge < -0.3 is 10.5 Å². The van der Waals surface area contributed by atoms with E-state index in [0.717, 1.165) is 12.8 Å². The second kappa shape index (κ2) is 3.95. The van der Waals surface area contributed by atoms with Crippen LogP contribution in [0, 0.1) is 0 Å². The molecule has 0 spiro atoms. The van der Waals surface area contributed by atoms with E-state index in [4.69, 9.17) is 5.73 Å². The van der Waals surface area contributed by atoms with Crippen molar-refractivity contribution in [1.29, 1.82) is 0 Å². The van der Waals surface area contributed by atoms with Gasteiger partial charge in [-0.25, -0.2) is 0 Å². The van der Waals surface area contributed by atoms with Gasteiger partial charge in [0.15, 0.2) is 0 Å². The van der Waals surface area contributed by atoms with Gasteiger partial charge in [0.2, 0.25) is 0 Å². The molecule has 13 heavy (non-hydrogen) atoms. The minimum Gasteiger partial charge on any atom is -0.386 e. The molecule has 0 atom stereocenters. The molecular formula is C7H11F3N2O. The molecule has 0 radical (unpaired) electrons. The number of alkyl halides is 3. The highest BCUT2D eigenvalue weighted by Gasteiger charge is 2.27. The zero-order valence-corrected chi connectivity index (χ0v) is 6.97. The van der Waals surface area contributed by atoms with Crippen molar-refractivity contribution in [3.8, 4) is 0 Å². The number of halogens is 3. The van der Waals surface area contributed by atoms with Crippen molar-refractivity contribution in [3.63, 3.8) is 0 Å². The van der Waals surface area contributed by atoms with Gasteiger partial charge in [-0.1, -0.05) is 0 Å². The second-order valence-electron chi connectivity index (χ2n) is 2.96. The van der Waals surface area contributed by atoms with E-state index >= 15 is 0 Å². The van der Waals surface area contributed by atoms with E-state index in [0.29, 0.717) is 0 Å². The molecule has 0 unspecified atom stereocenters. The van der Waals surface area contributed by atoms with Crippen LogP contribution in [-0.4, -0.2) is 31.3 Å². The Morgan fingerprint density at radius 3 is 2.54 bits per heavy atom. The van der Waals surface area contributed by atoms with Crippen LogP contribution in [0.25, 0.3) is 0 Å². The van der Waals surface area contributed by atoms with Gasteiger partial charge in [0.05, 0.1) is 6.04 Å². The maximum atomic E-state index is 11.6. The highest BCUT2D eigenvalue weighted by molar-refractivity contribution is 5.81. The first-order valence-electron chi connectivity index (χ1n) is 3.94. The van der Waals surface area contributed by atoms with Gasteiger partial charge in [0.25, 0.3) is 0 Å². The number of hydrogen-bond acceptors (Lipinski definition) is 2. The summed E-state index contributed by atoms with van der Waals surface area (Å²) in [4.78, 5) is 3.91. The van der Waals surface area contributed by atoms with Crippen LogP contribution in [0.5, 0.6) is 0 Å². The largest absolute Gasteiger partial charge is 0.411 e. The van der Waals surface area contributed by atoms with Crippen molar-refractivity contribution in [2.24, 2.45) is 10.7 Å². The molecule has 1 fully saturated rings. The van der Waals surface area contributed by atoms with Gasteiger partial charge >= 0.3 is 6.18 Å². The fraction of sp³-hybridized carbons (Fsp3) is 0.857. The molecule has 0 heterocycles. The monoisotopic (exact) mass is 196 g/mol. The molecule has 0 aromatic heterocycles. The minimum atomic E-state index is -4.29. The molecule has 1 saturated carbocycles. The number of hydrogen-bond donors (Lipinski definition) is 1. The topological polar surface area (TPSA) is 47.6 Å². The molecule has 0 saturated heterocycles. The summed E-state index contributed by atoms with van der Waals surface area (Å²) >= 11 is 0. The summed E-state index contributed by atoms with van der Waals surface area (Å²) in [5.41, 5.74) is 5.30. The number of amidine groups is 1. The summed E-state index contributed by atoms with van der Waals surface area (Å²) in [6, 6.07) is 0.217. The highest BCUT2D eigenvalue weighted by Crippen LogP contribution is 2.23. The smallest absolute Gasteiger partial charge is 0.386 e. The zero-order valence-electron chi connectivity index (χ0n) is 6.97. The summed E-state index contributed by atoms with van der Waals surface area (Å²) in [5.74, 6) is 0.145. The standard InChI is InChI=1S/C7H11F3N2O/c8-7(9,10)4-13-3-6(11)12-5-1-2-5/h5H,1-4H2,(H2,11,12).